The summed E-state index contributed by atoms with van der Waals surface area (Å²) in [5.41, 5.74) is 3.98. The van der Waals surface area contributed by atoms with Gasteiger partial charge in [-0.2, -0.15) is 5.10 Å². The smallest absolute Gasteiger partial charge is 0.262 e. The Balaban J connectivity index is 1.31. The zero-order chi connectivity index (χ0) is 25.5. The van der Waals surface area contributed by atoms with Crippen LogP contribution in [0.5, 0.6) is 11.5 Å². The second-order valence-electron chi connectivity index (χ2n) is 8.22. The van der Waals surface area contributed by atoms with Crippen molar-refractivity contribution in [3.63, 3.8) is 0 Å². The van der Waals surface area contributed by atoms with Crippen molar-refractivity contribution >= 4 is 17.5 Å². The van der Waals surface area contributed by atoms with E-state index in [1.807, 2.05) is 48.9 Å². The van der Waals surface area contributed by atoms with Gasteiger partial charge in [-0.3, -0.25) is 9.59 Å². The van der Waals surface area contributed by atoms with Crippen LogP contribution in [0, 0.1) is 6.92 Å². The zero-order valence-corrected chi connectivity index (χ0v) is 20.4. The lowest BCUT2D eigenvalue weighted by molar-refractivity contribution is -0.118. The van der Waals surface area contributed by atoms with Crippen LogP contribution in [0.2, 0.25) is 0 Å². The Kier molecular flexibility index (Phi) is 7.65. The van der Waals surface area contributed by atoms with Crippen LogP contribution < -0.4 is 20.1 Å². The van der Waals surface area contributed by atoms with Gasteiger partial charge in [0.1, 0.15) is 11.5 Å². The van der Waals surface area contributed by atoms with Crippen molar-refractivity contribution in [3.8, 4) is 17.2 Å². The summed E-state index contributed by atoms with van der Waals surface area (Å²) in [6.45, 7) is 3.74. The molecule has 0 radical (unpaired) electrons. The second-order valence-corrected chi connectivity index (χ2v) is 8.22. The van der Waals surface area contributed by atoms with Crippen LogP contribution in [0.4, 0.5) is 5.69 Å². The van der Waals surface area contributed by atoms with Gasteiger partial charge in [0.05, 0.1) is 25.0 Å². The predicted octanol–water partition coefficient (Wildman–Crippen LogP) is 4.70. The molecule has 1 atom stereocenters. The van der Waals surface area contributed by atoms with Gasteiger partial charge in [0.2, 0.25) is 0 Å². The molecule has 8 heteroatoms. The molecular weight excluding hydrogens is 456 g/mol. The maximum Gasteiger partial charge on any atom is 0.262 e. The van der Waals surface area contributed by atoms with Gasteiger partial charge in [-0.05, 0) is 62.4 Å². The summed E-state index contributed by atoms with van der Waals surface area (Å²) in [6, 6.07) is 23.3. The Morgan fingerprint density at radius 1 is 0.972 bits per heavy atom. The van der Waals surface area contributed by atoms with Gasteiger partial charge in [0.15, 0.2) is 6.61 Å². The van der Waals surface area contributed by atoms with E-state index in [-0.39, 0.29) is 24.5 Å². The number of ether oxygens (including phenoxy) is 2. The summed E-state index contributed by atoms with van der Waals surface area (Å²) in [5.74, 6) is 0.624. The van der Waals surface area contributed by atoms with Crippen LogP contribution in [0.3, 0.4) is 0 Å². The number of benzene rings is 3. The van der Waals surface area contributed by atoms with E-state index in [4.69, 9.17) is 9.47 Å². The highest BCUT2D eigenvalue weighted by Gasteiger charge is 2.17. The van der Waals surface area contributed by atoms with Crippen molar-refractivity contribution in [1.82, 2.24) is 15.1 Å². The molecule has 36 heavy (non-hydrogen) atoms. The largest absolute Gasteiger partial charge is 0.497 e. The molecule has 2 amide bonds. The number of carbonyl (C=O) groups is 2. The van der Waals surface area contributed by atoms with E-state index in [0.29, 0.717) is 22.7 Å². The number of aromatic nitrogens is 2. The maximum atomic E-state index is 12.8. The molecule has 0 spiro atoms. The first-order valence-corrected chi connectivity index (χ1v) is 11.5. The second kappa shape index (κ2) is 11.2. The molecule has 1 heterocycles. The summed E-state index contributed by atoms with van der Waals surface area (Å²) < 4.78 is 12.6. The first-order chi connectivity index (χ1) is 17.4. The summed E-state index contributed by atoms with van der Waals surface area (Å²) in [4.78, 5) is 25.0. The molecule has 0 fully saturated rings. The summed E-state index contributed by atoms with van der Waals surface area (Å²) in [6.07, 6.45) is 1.78. The first-order valence-electron chi connectivity index (χ1n) is 11.5. The fourth-order valence-electron chi connectivity index (χ4n) is 3.78. The van der Waals surface area contributed by atoms with E-state index < -0.39 is 0 Å². The molecule has 1 unspecified atom stereocenters. The molecular formula is C28H28N4O4. The maximum absolute atomic E-state index is 12.8. The number of nitrogens with one attached hydrogen (secondary N) is 2. The number of hydrogen-bond donors (Lipinski definition) is 2. The summed E-state index contributed by atoms with van der Waals surface area (Å²) >= 11 is 0. The van der Waals surface area contributed by atoms with Crippen molar-refractivity contribution in [2.24, 2.45) is 0 Å². The molecule has 0 aliphatic rings. The average molecular weight is 485 g/mol. The van der Waals surface area contributed by atoms with Crippen LogP contribution >= 0.6 is 0 Å². The molecule has 2 N–H and O–H groups in total. The molecule has 4 aromatic rings. The number of anilines is 1. The van der Waals surface area contributed by atoms with Crippen molar-refractivity contribution in [2.75, 3.05) is 19.0 Å². The van der Waals surface area contributed by atoms with Gasteiger partial charge in [-0.25, -0.2) is 4.68 Å². The van der Waals surface area contributed by atoms with E-state index >= 15 is 0 Å². The normalized spacial score (nSPS) is 11.4. The highest BCUT2D eigenvalue weighted by molar-refractivity contribution is 5.94. The van der Waals surface area contributed by atoms with Gasteiger partial charge in [-0.15, -0.1) is 0 Å². The fourth-order valence-corrected chi connectivity index (χ4v) is 3.78. The van der Waals surface area contributed by atoms with E-state index in [0.717, 1.165) is 16.9 Å². The highest BCUT2D eigenvalue weighted by Crippen LogP contribution is 2.21. The van der Waals surface area contributed by atoms with Gasteiger partial charge < -0.3 is 20.1 Å². The summed E-state index contributed by atoms with van der Waals surface area (Å²) in [7, 11) is 1.56. The Morgan fingerprint density at radius 2 is 1.72 bits per heavy atom. The topological polar surface area (TPSA) is 94.5 Å². The standard InChI is InChI=1S/C28H28N4O4/c1-19(26-17-29-32(20(26)2)23-9-5-4-6-10-23)30-28(34)21-12-14-24(15-13-21)36-18-27(33)31-22-8-7-11-25(16-22)35-3/h4-17,19H,18H2,1-3H3,(H,30,34)(H,31,33). The molecule has 184 valence electrons. The van der Waals surface area contributed by atoms with E-state index in [2.05, 4.69) is 15.7 Å². The lowest BCUT2D eigenvalue weighted by atomic mass is 10.1. The SMILES string of the molecule is COc1cccc(NC(=O)COc2ccc(C(=O)NC(C)c3cnn(-c4ccccc4)c3C)cc2)c1. The van der Waals surface area contributed by atoms with Gasteiger partial charge >= 0.3 is 0 Å². The number of carbonyl (C=O) groups excluding carboxylic acids is 2. The molecule has 0 saturated carbocycles. The molecule has 0 aliphatic carbocycles. The van der Waals surface area contributed by atoms with Crippen molar-refractivity contribution in [3.05, 3.63) is 102 Å². The number of hydrogen-bond acceptors (Lipinski definition) is 5. The molecule has 8 nitrogen and oxygen atoms in total. The lowest BCUT2D eigenvalue weighted by Crippen LogP contribution is -2.27. The van der Waals surface area contributed by atoms with Crippen LogP contribution in [-0.4, -0.2) is 35.3 Å². The van der Waals surface area contributed by atoms with Crippen molar-refractivity contribution in [1.29, 1.82) is 0 Å². The van der Waals surface area contributed by atoms with Crippen molar-refractivity contribution in [2.45, 2.75) is 19.9 Å². The molecule has 0 bridgehead atoms. The number of amides is 2. The van der Waals surface area contributed by atoms with Crippen LogP contribution in [0.15, 0.2) is 85.1 Å². The average Bonchev–Trinajstić information content (AvgIpc) is 3.29. The van der Waals surface area contributed by atoms with E-state index in [1.165, 1.54) is 0 Å². The fraction of sp³-hybridized carbons (Fsp3) is 0.179. The van der Waals surface area contributed by atoms with E-state index in [1.54, 1.807) is 61.8 Å². The third kappa shape index (κ3) is 5.90. The summed E-state index contributed by atoms with van der Waals surface area (Å²) in [5, 5.41) is 10.3. The highest BCUT2D eigenvalue weighted by atomic mass is 16.5. The number of rotatable bonds is 9. The van der Waals surface area contributed by atoms with E-state index in [9.17, 15) is 9.59 Å². The van der Waals surface area contributed by atoms with Crippen LogP contribution in [0.25, 0.3) is 5.69 Å². The minimum absolute atomic E-state index is 0.162. The number of methoxy groups -OCH3 is 1. The van der Waals surface area contributed by atoms with Crippen LogP contribution in [-0.2, 0) is 4.79 Å². The minimum Gasteiger partial charge on any atom is -0.497 e. The van der Waals surface area contributed by atoms with Crippen molar-refractivity contribution < 1.29 is 19.1 Å². The van der Waals surface area contributed by atoms with Gasteiger partial charge in [0, 0.05) is 28.6 Å². The minimum atomic E-state index is -0.301. The molecule has 0 aliphatic heterocycles. The van der Waals surface area contributed by atoms with Crippen LogP contribution in [0.1, 0.15) is 34.6 Å². The molecule has 0 saturated heterocycles. The Morgan fingerprint density at radius 3 is 2.44 bits per heavy atom. The molecule has 3 aromatic carbocycles. The number of nitrogens with zero attached hydrogens (tertiary/aromatic N) is 2. The van der Waals surface area contributed by atoms with Gasteiger partial charge in [0.25, 0.3) is 11.8 Å². The zero-order valence-electron chi connectivity index (χ0n) is 20.4. The monoisotopic (exact) mass is 484 g/mol. The predicted molar refractivity (Wildman–Crippen MR) is 138 cm³/mol. The Labute approximate surface area is 209 Å². The Hall–Kier alpha value is -4.59. The third-order valence-electron chi connectivity index (χ3n) is 5.70. The van der Waals surface area contributed by atoms with Gasteiger partial charge in [-0.1, -0.05) is 24.3 Å². The first kappa shape index (κ1) is 24.5. The molecule has 1 aromatic heterocycles. The number of para-hydroxylation sites is 1. The lowest BCUT2D eigenvalue weighted by Gasteiger charge is -2.14. The molecule has 4 rings (SSSR count). The quantitative estimate of drug-likeness (QED) is 0.359. The Bertz CT molecular complexity index is 1330. The third-order valence-corrected chi connectivity index (χ3v) is 5.70.